The minimum Gasteiger partial charge on any atom is -0.434 e. The Labute approximate surface area is 124 Å². The van der Waals surface area contributed by atoms with Gasteiger partial charge in [-0.1, -0.05) is 18.2 Å². The van der Waals surface area contributed by atoms with E-state index in [4.69, 9.17) is 0 Å². The van der Waals surface area contributed by atoms with Crippen LogP contribution in [0.3, 0.4) is 0 Å². The molecule has 0 amide bonds. The molecule has 2 aromatic heterocycles. The second kappa shape index (κ2) is 5.92. The van der Waals surface area contributed by atoms with Crippen LogP contribution in [0.4, 0.5) is 14.6 Å². The number of halogens is 2. The van der Waals surface area contributed by atoms with Gasteiger partial charge in [0.1, 0.15) is 17.9 Å². The molecule has 114 valence electrons. The molecule has 0 aliphatic carbocycles. The molecule has 0 saturated carbocycles. The molecule has 22 heavy (non-hydrogen) atoms. The highest BCUT2D eigenvalue weighted by Gasteiger charge is 2.10. The lowest BCUT2D eigenvalue weighted by Gasteiger charge is -2.12. The van der Waals surface area contributed by atoms with Gasteiger partial charge in [0.15, 0.2) is 0 Å². The first kappa shape index (κ1) is 14.2. The van der Waals surface area contributed by atoms with Gasteiger partial charge >= 0.3 is 6.61 Å². The summed E-state index contributed by atoms with van der Waals surface area (Å²) in [5, 5.41) is 7.21. The fourth-order valence-corrected chi connectivity index (χ4v) is 2.10. The molecule has 6 nitrogen and oxygen atoms in total. The van der Waals surface area contributed by atoms with Crippen LogP contribution in [0.15, 0.2) is 36.7 Å². The molecule has 0 saturated heterocycles. The highest BCUT2D eigenvalue weighted by atomic mass is 19.3. The molecule has 0 atom stereocenters. The molecule has 0 fully saturated rings. The van der Waals surface area contributed by atoms with Gasteiger partial charge in [0.25, 0.3) is 5.78 Å². The number of fused-ring (bicyclic) bond motifs is 1. The van der Waals surface area contributed by atoms with Crippen molar-refractivity contribution in [3.63, 3.8) is 0 Å². The SMILES string of the molecule is Cc1cc(NCc2ccccc2OC(F)F)n2ncnc2n1. The predicted octanol–water partition coefficient (Wildman–Crippen LogP) is 2.65. The largest absolute Gasteiger partial charge is 0.434 e. The maximum atomic E-state index is 12.4. The summed E-state index contributed by atoms with van der Waals surface area (Å²) in [5.74, 6) is 1.29. The maximum Gasteiger partial charge on any atom is 0.387 e. The lowest BCUT2D eigenvalue weighted by Crippen LogP contribution is -2.09. The van der Waals surface area contributed by atoms with Gasteiger partial charge in [-0.25, -0.2) is 4.98 Å². The average molecular weight is 305 g/mol. The van der Waals surface area contributed by atoms with Gasteiger partial charge in [-0.05, 0) is 13.0 Å². The van der Waals surface area contributed by atoms with E-state index in [1.807, 2.05) is 6.92 Å². The highest BCUT2D eigenvalue weighted by molar-refractivity contribution is 5.46. The highest BCUT2D eigenvalue weighted by Crippen LogP contribution is 2.21. The van der Waals surface area contributed by atoms with Crippen LogP contribution >= 0.6 is 0 Å². The third-order valence-electron chi connectivity index (χ3n) is 3.03. The number of nitrogens with zero attached hydrogens (tertiary/aromatic N) is 4. The summed E-state index contributed by atoms with van der Waals surface area (Å²) >= 11 is 0. The minimum atomic E-state index is -2.86. The molecule has 3 aromatic rings. The van der Waals surface area contributed by atoms with Crippen LogP contribution in [0.1, 0.15) is 11.3 Å². The van der Waals surface area contributed by atoms with E-state index in [0.717, 1.165) is 5.69 Å². The minimum absolute atomic E-state index is 0.144. The summed E-state index contributed by atoms with van der Waals surface area (Å²) in [7, 11) is 0. The van der Waals surface area contributed by atoms with Crippen molar-refractivity contribution in [2.24, 2.45) is 0 Å². The summed E-state index contributed by atoms with van der Waals surface area (Å²) in [6.45, 7) is -0.707. The molecule has 2 heterocycles. The molecular weight excluding hydrogens is 292 g/mol. The van der Waals surface area contributed by atoms with Gasteiger partial charge in [0, 0.05) is 23.9 Å². The Morgan fingerprint density at radius 2 is 2.14 bits per heavy atom. The zero-order chi connectivity index (χ0) is 15.5. The van der Waals surface area contributed by atoms with Crippen molar-refractivity contribution < 1.29 is 13.5 Å². The normalized spacial score (nSPS) is 11.1. The summed E-state index contributed by atoms with van der Waals surface area (Å²) < 4.78 is 30.9. The first-order valence-corrected chi connectivity index (χ1v) is 6.57. The van der Waals surface area contributed by atoms with Crippen LogP contribution < -0.4 is 10.1 Å². The van der Waals surface area contributed by atoms with E-state index >= 15 is 0 Å². The number of ether oxygens (including phenoxy) is 1. The molecule has 1 aromatic carbocycles. The van der Waals surface area contributed by atoms with Crippen LogP contribution in [0, 0.1) is 6.92 Å². The Kier molecular flexibility index (Phi) is 3.82. The number of aromatic nitrogens is 4. The first-order chi connectivity index (χ1) is 10.6. The van der Waals surface area contributed by atoms with Gasteiger partial charge in [-0.3, -0.25) is 0 Å². The van der Waals surface area contributed by atoms with Crippen LogP contribution in [0.5, 0.6) is 5.75 Å². The third kappa shape index (κ3) is 2.95. The Morgan fingerprint density at radius 3 is 2.95 bits per heavy atom. The maximum absolute atomic E-state index is 12.4. The van der Waals surface area contributed by atoms with E-state index < -0.39 is 6.61 Å². The van der Waals surface area contributed by atoms with Gasteiger partial charge in [-0.15, -0.1) is 0 Å². The summed E-state index contributed by atoms with van der Waals surface area (Å²) in [4.78, 5) is 8.26. The van der Waals surface area contributed by atoms with E-state index in [9.17, 15) is 8.78 Å². The van der Waals surface area contributed by atoms with Crippen LogP contribution in [0.25, 0.3) is 5.78 Å². The third-order valence-corrected chi connectivity index (χ3v) is 3.03. The van der Waals surface area contributed by atoms with E-state index in [1.165, 1.54) is 12.4 Å². The molecule has 3 rings (SSSR count). The fraction of sp³-hybridized carbons (Fsp3) is 0.214. The molecule has 8 heteroatoms. The second-order valence-electron chi connectivity index (χ2n) is 4.59. The number of para-hydroxylation sites is 1. The number of alkyl halides is 2. The van der Waals surface area contributed by atoms with Crippen molar-refractivity contribution >= 4 is 11.6 Å². The van der Waals surface area contributed by atoms with Gasteiger partial charge < -0.3 is 10.1 Å². The fourth-order valence-electron chi connectivity index (χ4n) is 2.10. The molecule has 0 unspecified atom stereocenters. The zero-order valence-electron chi connectivity index (χ0n) is 11.7. The van der Waals surface area contributed by atoms with Gasteiger partial charge in [0.2, 0.25) is 0 Å². The van der Waals surface area contributed by atoms with E-state index in [-0.39, 0.29) is 5.75 Å². The molecular formula is C14H13F2N5O. The number of nitrogens with one attached hydrogen (secondary N) is 1. The monoisotopic (exact) mass is 305 g/mol. The number of hydrogen-bond donors (Lipinski definition) is 1. The molecule has 0 spiro atoms. The average Bonchev–Trinajstić information content (AvgIpc) is 2.93. The molecule has 0 radical (unpaired) electrons. The zero-order valence-corrected chi connectivity index (χ0v) is 11.7. The van der Waals surface area contributed by atoms with E-state index in [0.29, 0.717) is 23.7 Å². The van der Waals surface area contributed by atoms with E-state index in [1.54, 1.807) is 28.8 Å². The quantitative estimate of drug-likeness (QED) is 0.785. The summed E-state index contributed by atoms with van der Waals surface area (Å²) in [6, 6.07) is 8.44. The number of hydrogen-bond acceptors (Lipinski definition) is 5. The van der Waals surface area contributed by atoms with Gasteiger partial charge in [0.05, 0.1) is 0 Å². The number of benzene rings is 1. The molecule has 0 aliphatic heterocycles. The standard InChI is InChI=1S/C14H13F2N5O/c1-9-6-12(21-14(20-9)18-8-19-21)17-7-10-4-2-3-5-11(10)22-13(15)16/h2-6,8,13,17H,7H2,1H3. The predicted molar refractivity (Wildman–Crippen MR) is 75.9 cm³/mol. The second-order valence-corrected chi connectivity index (χ2v) is 4.59. The Balaban J connectivity index is 1.84. The van der Waals surface area contributed by atoms with Crippen LogP contribution in [-0.4, -0.2) is 26.2 Å². The smallest absolute Gasteiger partial charge is 0.387 e. The molecule has 1 N–H and O–H groups in total. The Bertz CT molecular complexity index is 790. The van der Waals surface area contributed by atoms with Crippen molar-refractivity contribution in [1.82, 2.24) is 19.6 Å². The Hall–Kier alpha value is -2.77. The van der Waals surface area contributed by atoms with Crippen LogP contribution in [-0.2, 0) is 6.54 Å². The van der Waals surface area contributed by atoms with Crippen molar-refractivity contribution in [1.29, 1.82) is 0 Å². The van der Waals surface area contributed by atoms with Crippen molar-refractivity contribution in [3.8, 4) is 5.75 Å². The molecule has 0 bridgehead atoms. The number of anilines is 1. The van der Waals surface area contributed by atoms with Crippen molar-refractivity contribution in [3.05, 3.63) is 47.9 Å². The van der Waals surface area contributed by atoms with Crippen molar-refractivity contribution in [2.45, 2.75) is 20.1 Å². The van der Waals surface area contributed by atoms with Gasteiger partial charge in [-0.2, -0.15) is 23.4 Å². The summed E-state index contributed by atoms with van der Waals surface area (Å²) in [5.41, 5.74) is 1.39. The Morgan fingerprint density at radius 1 is 1.32 bits per heavy atom. The first-order valence-electron chi connectivity index (χ1n) is 6.57. The summed E-state index contributed by atoms with van der Waals surface area (Å²) in [6.07, 6.45) is 1.40. The van der Waals surface area contributed by atoms with Crippen molar-refractivity contribution in [2.75, 3.05) is 5.32 Å². The number of rotatable bonds is 5. The topological polar surface area (TPSA) is 64.3 Å². The van der Waals surface area contributed by atoms with E-state index in [2.05, 4.69) is 25.1 Å². The number of aryl methyl sites for hydroxylation is 1. The lowest BCUT2D eigenvalue weighted by molar-refractivity contribution is -0.0504. The molecule has 0 aliphatic rings. The van der Waals surface area contributed by atoms with Crippen LogP contribution in [0.2, 0.25) is 0 Å². The lowest BCUT2D eigenvalue weighted by atomic mass is 10.2.